The lowest BCUT2D eigenvalue weighted by Crippen LogP contribution is -2.22. The first kappa shape index (κ1) is 37.5. The van der Waals surface area contributed by atoms with Gasteiger partial charge in [-0.15, -0.1) is 0 Å². The van der Waals surface area contributed by atoms with Crippen molar-refractivity contribution in [2.24, 2.45) is 0 Å². The van der Waals surface area contributed by atoms with Crippen molar-refractivity contribution in [1.82, 2.24) is 5.32 Å². The molecule has 11 nitrogen and oxygen atoms in total. The molecule has 0 bridgehead atoms. The zero-order chi connectivity index (χ0) is 32.9. The number of aliphatic hydroxyl groups is 2. The molecule has 0 aromatic heterocycles. The van der Waals surface area contributed by atoms with Crippen LogP contribution in [0.15, 0.2) is 66.7 Å². The van der Waals surface area contributed by atoms with Gasteiger partial charge < -0.3 is 45.9 Å². The number of aromatic hydroxyl groups is 1. The van der Waals surface area contributed by atoms with E-state index in [1.807, 2.05) is 24.3 Å². The van der Waals surface area contributed by atoms with E-state index in [4.69, 9.17) is 31.0 Å². The Balaban J connectivity index is 0.00000166. The average molecular weight is 646 g/mol. The third-order valence-corrected chi connectivity index (χ3v) is 6.53. The van der Waals surface area contributed by atoms with Crippen LogP contribution in [0.5, 0.6) is 5.75 Å². The van der Waals surface area contributed by atoms with Gasteiger partial charge in [-0.25, -0.2) is 4.79 Å². The Morgan fingerprint density at radius 1 is 0.867 bits per heavy atom. The molecule has 12 heteroatoms. The molecule has 0 fully saturated rings. The first-order chi connectivity index (χ1) is 21.7. The monoisotopic (exact) mass is 645 g/mol. The van der Waals surface area contributed by atoms with E-state index in [0.29, 0.717) is 60.5 Å². The number of carboxylic acids is 1. The Morgan fingerprint density at radius 3 is 2.24 bits per heavy atom. The molecule has 3 aromatic rings. The minimum absolute atomic E-state index is 0.0297. The number of amides is 2. The molecule has 0 aliphatic heterocycles. The Kier molecular flexibility index (Phi) is 18.2. The lowest BCUT2D eigenvalue weighted by Gasteiger charge is -2.14. The lowest BCUT2D eigenvalue weighted by atomic mass is 10.1. The lowest BCUT2D eigenvalue weighted by molar-refractivity contribution is -0.134. The van der Waals surface area contributed by atoms with Crippen LogP contribution in [0.25, 0.3) is 0 Å². The maximum atomic E-state index is 12.2. The van der Waals surface area contributed by atoms with Gasteiger partial charge in [-0.3, -0.25) is 4.79 Å². The molecule has 246 valence electrons. The Hall–Kier alpha value is -3.71. The van der Waals surface area contributed by atoms with E-state index in [9.17, 15) is 20.1 Å². The fourth-order valence-corrected chi connectivity index (χ4v) is 4.30. The van der Waals surface area contributed by atoms with Crippen molar-refractivity contribution in [2.75, 3.05) is 43.5 Å². The molecule has 1 atom stereocenters. The molecule has 2 amide bonds. The van der Waals surface area contributed by atoms with Crippen molar-refractivity contribution in [2.45, 2.75) is 51.9 Å². The second-order valence-corrected chi connectivity index (χ2v) is 10.6. The quantitative estimate of drug-likeness (QED) is 0.0859. The number of halogens is 1. The molecule has 7 N–H and O–H groups in total. The SMILES string of the molecule is CC(=O)O.O=C(Nc1cccc(Cl)c1)Nc1cccc(COCCOCCCCCCNC[C@H](O)c2ccc(O)c(CO)c2)c1. The molecule has 45 heavy (non-hydrogen) atoms. The smallest absolute Gasteiger partial charge is 0.323 e. The third-order valence-electron chi connectivity index (χ3n) is 6.30. The van der Waals surface area contributed by atoms with Crippen molar-refractivity contribution < 1.29 is 39.5 Å². The van der Waals surface area contributed by atoms with Crippen LogP contribution in [0.4, 0.5) is 16.2 Å². The van der Waals surface area contributed by atoms with Crippen LogP contribution < -0.4 is 16.0 Å². The van der Waals surface area contributed by atoms with Gasteiger partial charge >= 0.3 is 6.03 Å². The molecule has 0 saturated heterocycles. The van der Waals surface area contributed by atoms with Crippen LogP contribution in [-0.4, -0.2) is 65.3 Å². The van der Waals surface area contributed by atoms with E-state index in [2.05, 4.69) is 16.0 Å². The fourth-order valence-electron chi connectivity index (χ4n) is 4.11. The molecule has 3 rings (SSSR count). The maximum absolute atomic E-state index is 12.2. The molecule has 0 heterocycles. The maximum Gasteiger partial charge on any atom is 0.323 e. The highest BCUT2D eigenvalue weighted by atomic mass is 35.5. The van der Waals surface area contributed by atoms with Gasteiger partial charge in [0.1, 0.15) is 5.75 Å². The number of hydrogen-bond acceptors (Lipinski definition) is 8. The molecule has 0 radical (unpaired) electrons. The van der Waals surface area contributed by atoms with Crippen molar-refractivity contribution >= 4 is 35.0 Å². The number of phenols is 1. The topological polar surface area (TPSA) is 170 Å². The van der Waals surface area contributed by atoms with Crippen molar-refractivity contribution in [3.63, 3.8) is 0 Å². The number of carboxylic acid groups (broad SMARTS) is 1. The molecule has 3 aromatic carbocycles. The van der Waals surface area contributed by atoms with Gasteiger partial charge in [0, 0.05) is 42.0 Å². The summed E-state index contributed by atoms with van der Waals surface area (Å²) in [6, 6.07) is 18.9. The van der Waals surface area contributed by atoms with Crippen LogP contribution in [0.2, 0.25) is 5.02 Å². The number of benzene rings is 3. The number of anilines is 2. The van der Waals surface area contributed by atoms with Gasteiger partial charge in [-0.1, -0.05) is 48.7 Å². The first-order valence-corrected chi connectivity index (χ1v) is 15.1. The fraction of sp³-hybridized carbons (Fsp3) is 0.394. The van der Waals surface area contributed by atoms with E-state index < -0.39 is 12.1 Å². The summed E-state index contributed by atoms with van der Waals surface area (Å²) < 4.78 is 11.4. The summed E-state index contributed by atoms with van der Waals surface area (Å²) in [6.45, 7) is 4.16. The molecule has 0 aliphatic rings. The van der Waals surface area contributed by atoms with Crippen LogP contribution in [-0.2, 0) is 27.5 Å². The van der Waals surface area contributed by atoms with E-state index in [0.717, 1.165) is 44.7 Å². The zero-order valence-corrected chi connectivity index (χ0v) is 26.3. The molecule has 0 unspecified atom stereocenters. The Morgan fingerprint density at radius 2 is 1.53 bits per heavy atom. The number of ether oxygens (including phenoxy) is 2. The van der Waals surface area contributed by atoms with Crippen LogP contribution in [0.1, 0.15) is 55.4 Å². The summed E-state index contributed by atoms with van der Waals surface area (Å²) in [5, 5.41) is 45.9. The predicted octanol–water partition coefficient (Wildman–Crippen LogP) is 5.69. The van der Waals surface area contributed by atoms with E-state index >= 15 is 0 Å². The highest BCUT2D eigenvalue weighted by Gasteiger charge is 2.10. The highest BCUT2D eigenvalue weighted by molar-refractivity contribution is 6.30. The molecular weight excluding hydrogens is 602 g/mol. The number of carbonyl (C=O) groups is 2. The minimum Gasteiger partial charge on any atom is -0.508 e. The van der Waals surface area contributed by atoms with Gasteiger partial charge in [0.2, 0.25) is 0 Å². The zero-order valence-electron chi connectivity index (χ0n) is 25.5. The molecular formula is C33H44ClN3O8. The minimum atomic E-state index is -0.833. The number of aliphatic hydroxyl groups excluding tert-OH is 2. The number of carbonyl (C=O) groups excluding carboxylic acids is 1. The molecule has 0 aliphatic carbocycles. The number of nitrogens with one attached hydrogen (secondary N) is 3. The summed E-state index contributed by atoms with van der Waals surface area (Å²) >= 11 is 5.95. The summed E-state index contributed by atoms with van der Waals surface area (Å²) in [4.78, 5) is 21.2. The third kappa shape index (κ3) is 16.8. The van der Waals surface area contributed by atoms with Gasteiger partial charge in [0.05, 0.1) is 32.5 Å². The largest absolute Gasteiger partial charge is 0.508 e. The van der Waals surface area contributed by atoms with Gasteiger partial charge in [0.15, 0.2) is 0 Å². The van der Waals surface area contributed by atoms with Crippen molar-refractivity contribution in [3.8, 4) is 5.75 Å². The summed E-state index contributed by atoms with van der Waals surface area (Å²) in [5.41, 5.74) is 3.31. The summed E-state index contributed by atoms with van der Waals surface area (Å²) in [7, 11) is 0. The van der Waals surface area contributed by atoms with Gasteiger partial charge in [0.25, 0.3) is 5.97 Å². The Bertz CT molecular complexity index is 1310. The van der Waals surface area contributed by atoms with E-state index in [-0.39, 0.29) is 18.4 Å². The number of urea groups is 1. The summed E-state index contributed by atoms with van der Waals surface area (Å²) in [6.07, 6.45) is 3.42. The van der Waals surface area contributed by atoms with Crippen LogP contribution in [0, 0.1) is 0 Å². The van der Waals surface area contributed by atoms with E-state index in [1.165, 1.54) is 6.07 Å². The summed E-state index contributed by atoms with van der Waals surface area (Å²) in [5.74, 6) is -0.804. The number of hydrogen-bond donors (Lipinski definition) is 7. The predicted molar refractivity (Wildman–Crippen MR) is 175 cm³/mol. The normalized spacial score (nSPS) is 11.3. The first-order valence-electron chi connectivity index (χ1n) is 14.8. The van der Waals surface area contributed by atoms with Crippen LogP contribution in [0.3, 0.4) is 0 Å². The Labute approximate surface area is 269 Å². The number of aliphatic carboxylic acids is 1. The van der Waals surface area contributed by atoms with Crippen molar-refractivity contribution in [3.05, 3.63) is 88.4 Å². The van der Waals surface area contributed by atoms with Crippen molar-refractivity contribution in [1.29, 1.82) is 0 Å². The average Bonchev–Trinajstić information content (AvgIpc) is 2.99. The van der Waals surface area contributed by atoms with Gasteiger partial charge in [-0.2, -0.15) is 0 Å². The van der Waals surface area contributed by atoms with E-state index in [1.54, 1.807) is 36.4 Å². The highest BCUT2D eigenvalue weighted by Crippen LogP contribution is 2.22. The van der Waals surface area contributed by atoms with Crippen LogP contribution >= 0.6 is 11.6 Å². The number of rotatable bonds is 18. The molecule has 0 saturated carbocycles. The second kappa shape index (κ2) is 21.9. The second-order valence-electron chi connectivity index (χ2n) is 10.2. The standard InChI is InChI=1S/C31H40ClN3O6.C2H4O2/c32-26-8-6-10-28(19-26)35-31(39)34-27-9-5-7-23(17-27)22-41-16-15-40-14-4-2-1-3-13-33-20-30(38)24-11-12-29(37)25(18-24)21-36;1-2(3)4/h5-12,17-19,30,33,36-38H,1-4,13-16,20-22H2,(H2,34,35,39);1H3,(H,3,4)/t30-;/m0./s1. The number of unbranched alkanes of at least 4 members (excludes halogenated alkanes) is 3. The van der Waals surface area contributed by atoms with Gasteiger partial charge in [-0.05, 0) is 73.0 Å². The molecule has 0 spiro atoms.